The Labute approximate surface area is 282 Å². The van der Waals surface area contributed by atoms with Crippen molar-refractivity contribution in [1.82, 2.24) is 10.2 Å². The first kappa shape index (κ1) is 35.6. The number of anilines is 2. The molecule has 3 aliphatic rings. The molecule has 0 aromatic heterocycles. The predicted molar refractivity (Wildman–Crippen MR) is 182 cm³/mol. The molecule has 48 heavy (non-hydrogen) atoms. The molecule has 3 heterocycles. The highest BCUT2D eigenvalue weighted by Crippen LogP contribution is 2.60. The number of unbranched alkanes of at least 4 members (excludes halogenated alkanes) is 1. The molecule has 5 rings (SSSR count). The van der Waals surface area contributed by atoms with Gasteiger partial charge >= 0.3 is 5.97 Å². The van der Waals surface area contributed by atoms with Gasteiger partial charge < -0.3 is 38.7 Å². The van der Waals surface area contributed by atoms with E-state index in [0.29, 0.717) is 49.4 Å². The number of nitrogens with zero attached hydrogens (tertiary/aromatic N) is 3. The van der Waals surface area contributed by atoms with Crippen LogP contribution >= 0.6 is 0 Å². The van der Waals surface area contributed by atoms with Crippen molar-refractivity contribution in [1.29, 1.82) is 0 Å². The van der Waals surface area contributed by atoms with Crippen molar-refractivity contribution in [2.75, 3.05) is 56.2 Å². The number of hydrogen-bond donors (Lipinski definition) is 2. The summed E-state index contributed by atoms with van der Waals surface area (Å²) in [4.78, 5) is 58.0. The number of piperazine rings is 1. The van der Waals surface area contributed by atoms with Gasteiger partial charge in [0.05, 0.1) is 38.5 Å². The molecule has 2 saturated heterocycles. The number of hydrogen-bond acceptors (Lipinski definition) is 8. The van der Waals surface area contributed by atoms with Gasteiger partial charge in [-0.3, -0.25) is 19.2 Å². The number of amides is 3. The van der Waals surface area contributed by atoms with Gasteiger partial charge in [-0.2, -0.15) is 0 Å². The molecule has 13 heteroatoms. The van der Waals surface area contributed by atoms with Crippen molar-refractivity contribution in [3.8, 4) is 0 Å². The molecule has 2 N–H and O–H groups in total. The number of aliphatic hydroxyl groups is 1. The van der Waals surface area contributed by atoms with Crippen LogP contribution in [0.25, 0.3) is 0 Å². The lowest BCUT2D eigenvalue weighted by molar-refractivity contribution is -0.149. The van der Waals surface area contributed by atoms with Gasteiger partial charge in [-0.15, -0.1) is 0 Å². The van der Waals surface area contributed by atoms with E-state index < -0.39 is 31.6 Å². The van der Waals surface area contributed by atoms with Gasteiger partial charge in [0.2, 0.25) is 20.2 Å². The molecule has 0 bridgehead atoms. The number of nitrogens with one attached hydrogen (secondary N) is 1. The summed E-state index contributed by atoms with van der Waals surface area (Å²) in [7, 11) is -2.22. The zero-order chi connectivity index (χ0) is 34.6. The first-order valence-electron chi connectivity index (χ1n) is 16.8. The zero-order valence-electron chi connectivity index (χ0n) is 28.2. The van der Waals surface area contributed by atoms with E-state index >= 15 is 4.11 Å². The van der Waals surface area contributed by atoms with Crippen molar-refractivity contribution >= 4 is 43.5 Å². The maximum absolute atomic E-state index is 16.4. The Kier molecular flexibility index (Phi) is 11.0. The second-order valence-corrected chi connectivity index (χ2v) is 17.2. The maximum atomic E-state index is 16.4. The lowest BCUT2D eigenvalue weighted by atomic mass is 9.82. The standard InChI is InChI=1S/C35H47FN4O7Si/c1-24-33(48(3,4)36)29(21-30(42)38(18-19-41)23-25-10-6-5-7-11-25)47-35(24)27-20-26(39-17-15-37-22-31(39)43)13-14-28(27)40(34(35)45)16-9-8-12-32(44)46-2/h5-7,10-11,13-14,20,24,29,33,37,41H,8-9,12,15-19,21-23H2,1-4H3/t24-,29+,33-,35+/m0/s1. The monoisotopic (exact) mass is 682 g/mol. The summed E-state index contributed by atoms with van der Waals surface area (Å²) in [6.07, 6.45) is 0.204. The average Bonchev–Trinajstić information content (AvgIpc) is 3.49. The molecular formula is C35H47FN4O7Si. The number of halogens is 1. The highest BCUT2D eigenvalue weighted by atomic mass is 28.4. The number of aliphatic hydroxyl groups excluding tert-OH is 1. The zero-order valence-corrected chi connectivity index (χ0v) is 29.2. The quantitative estimate of drug-likeness (QED) is 0.142. The average molecular weight is 683 g/mol. The molecule has 4 atom stereocenters. The Hall–Kier alpha value is -3.65. The summed E-state index contributed by atoms with van der Waals surface area (Å²) in [5.41, 5.74) is 0.428. The number of carbonyl (C=O) groups is 4. The van der Waals surface area contributed by atoms with Gasteiger partial charge in [-0.25, -0.2) is 0 Å². The molecule has 2 aromatic rings. The van der Waals surface area contributed by atoms with E-state index in [1.165, 1.54) is 7.11 Å². The van der Waals surface area contributed by atoms with Crippen LogP contribution < -0.4 is 15.1 Å². The fraction of sp³-hybridized carbons (Fsp3) is 0.543. The molecule has 1 spiro atoms. The predicted octanol–water partition coefficient (Wildman–Crippen LogP) is 3.50. The minimum Gasteiger partial charge on any atom is -0.469 e. The number of ether oxygens (including phenoxy) is 2. The Morgan fingerprint density at radius 3 is 2.58 bits per heavy atom. The Bertz CT molecular complexity index is 1510. The molecular weight excluding hydrogens is 635 g/mol. The summed E-state index contributed by atoms with van der Waals surface area (Å²) < 4.78 is 28.0. The highest BCUT2D eigenvalue weighted by Gasteiger charge is 2.67. The maximum Gasteiger partial charge on any atom is 0.305 e. The molecule has 11 nitrogen and oxygen atoms in total. The van der Waals surface area contributed by atoms with Crippen LogP contribution in [0.3, 0.4) is 0 Å². The van der Waals surface area contributed by atoms with Crippen LogP contribution in [-0.4, -0.2) is 94.6 Å². The third-order valence-corrected chi connectivity index (χ3v) is 12.4. The van der Waals surface area contributed by atoms with Gasteiger partial charge in [0.15, 0.2) is 5.60 Å². The van der Waals surface area contributed by atoms with Crippen molar-refractivity contribution in [2.24, 2.45) is 5.92 Å². The first-order valence-corrected chi connectivity index (χ1v) is 19.7. The number of rotatable bonds is 13. The Morgan fingerprint density at radius 2 is 1.92 bits per heavy atom. The normalized spacial score (nSPS) is 23.9. The van der Waals surface area contributed by atoms with Crippen LogP contribution in [0.5, 0.6) is 0 Å². The van der Waals surface area contributed by atoms with Crippen LogP contribution in [0.4, 0.5) is 15.5 Å². The third-order valence-electron chi connectivity index (χ3n) is 9.90. The second-order valence-electron chi connectivity index (χ2n) is 13.4. The topological polar surface area (TPSA) is 129 Å². The van der Waals surface area contributed by atoms with E-state index in [0.717, 1.165) is 5.56 Å². The summed E-state index contributed by atoms with van der Waals surface area (Å²) in [5.74, 6) is -1.67. The molecule has 0 aliphatic carbocycles. The van der Waals surface area contributed by atoms with Crippen molar-refractivity contribution in [3.63, 3.8) is 0 Å². The number of fused-ring (bicyclic) bond motifs is 2. The van der Waals surface area contributed by atoms with Gasteiger partial charge in [0, 0.05) is 61.9 Å². The molecule has 0 radical (unpaired) electrons. The number of carbonyl (C=O) groups excluding carboxylic acids is 4. The third kappa shape index (κ3) is 7.05. The second kappa shape index (κ2) is 14.9. The molecule has 2 aromatic carbocycles. The molecule has 0 unspecified atom stereocenters. The van der Waals surface area contributed by atoms with Gasteiger partial charge in [0.1, 0.15) is 0 Å². The van der Waals surface area contributed by atoms with Crippen LogP contribution in [0, 0.1) is 5.92 Å². The van der Waals surface area contributed by atoms with E-state index in [-0.39, 0.29) is 62.8 Å². The molecule has 0 saturated carbocycles. The summed E-state index contributed by atoms with van der Waals surface area (Å²) in [5, 5.41) is 12.9. The number of esters is 1. The largest absolute Gasteiger partial charge is 0.469 e. The van der Waals surface area contributed by atoms with Gasteiger partial charge in [-0.05, 0) is 49.7 Å². The van der Waals surface area contributed by atoms with Crippen LogP contribution in [0.15, 0.2) is 48.5 Å². The van der Waals surface area contributed by atoms with Crippen molar-refractivity contribution in [2.45, 2.75) is 69.5 Å². The summed E-state index contributed by atoms with van der Waals surface area (Å²) in [6, 6.07) is 14.9. The number of methoxy groups -OCH3 is 1. The molecule has 260 valence electrons. The van der Waals surface area contributed by atoms with E-state index in [1.807, 2.05) is 55.5 Å². The smallest absolute Gasteiger partial charge is 0.305 e. The van der Waals surface area contributed by atoms with E-state index in [9.17, 15) is 24.3 Å². The Morgan fingerprint density at radius 1 is 1.17 bits per heavy atom. The van der Waals surface area contributed by atoms with Crippen LogP contribution in [-0.2, 0) is 40.8 Å². The molecule has 3 amide bonds. The van der Waals surface area contributed by atoms with E-state index in [2.05, 4.69) is 5.32 Å². The highest BCUT2D eigenvalue weighted by molar-refractivity contribution is 6.72. The molecule has 2 fully saturated rings. The van der Waals surface area contributed by atoms with E-state index in [1.54, 1.807) is 27.8 Å². The molecule has 3 aliphatic heterocycles. The SMILES string of the molecule is COC(=O)CCCCN1C(=O)[C@]2(O[C@H](CC(=O)N(CCO)Cc3ccccc3)[C@@H]([Si](C)(C)F)[C@@H]2C)c2cc(N3CCNCC3=O)ccc21. The fourth-order valence-corrected chi connectivity index (χ4v) is 10.2. The lowest BCUT2D eigenvalue weighted by Crippen LogP contribution is -2.48. The van der Waals surface area contributed by atoms with Crippen molar-refractivity contribution < 1.29 is 37.9 Å². The van der Waals surface area contributed by atoms with Crippen LogP contribution in [0.1, 0.15) is 43.7 Å². The van der Waals surface area contributed by atoms with Gasteiger partial charge in [-0.1, -0.05) is 37.3 Å². The first-order chi connectivity index (χ1) is 22.9. The fourth-order valence-electron chi connectivity index (χ4n) is 7.66. The minimum absolute atomic E-state index is 0.0966. The van der Waals surface area contributed by atoms with Gasteiger partial charge in [0.25, 0.3) is 5.91 Å². The van der Waals surface area contributed by atoms with Crippen LogP contribution in [0.2, 0.25) is 18.6 Å². The van der Waals surface area contributed by atoms with E-state index in [4.69, 9.17) is 9.47 Å². The van der Waals surface area contributed by atoms with Crippen molar-refractivity contribution in [3.05, 3.63) is 59.7 Å². The Balaban J connectivity index is 1.51. The summed E-state index contributed by atoms with van der Waals surface area (Å²) in [6.45, 7) is 6.73. The number of benzene rings is 2. The summed E-state index contributed by atoms with van der Waals surface area (Å²) >= 11 is 0. The lowest BCUT2D eigenvalue weighted by Gasteiger charge is -2.32. The minimum atomic E-state index is -3.56.